The van der Waals surface area contributed by atoms with Crippen LogP contribution in [-0.2, 0) is 9.59 Å². The van der Waals surface area contributed by atoms with Crippen LogP contribution in [0.2, 0.25) is 0 Å². The van der Waals surface area contributed by atoms with E-state index in [9.17, 15) is 19.8 Å². The van der Waals surface area contributed by atoms with Gasteiger partial charge in [0.25, 0.3) is 0 Å². The van der Waals surface area contributed by atoms with E-state index >= 15 is 0 Å². The minimum atomic E-state index is -1.24. The fourth-order valence-electron chi connectivity index (χ4n) is 8.75. The first-order chi connectivity index (χ1) is 19.1. The molecule has 0 unspecified atom stereocenters. The molecule has 3 aliphatic rings. The van der Waals surface area contributed by atoms with Crippen molar-refractivity contribution < 1.29 is 19.8 Å². The zero-order chi connectivity index (χ0) is 27.8. The van der Waals surface area contributed by atoms with Crippen molar-refractivity contribution in [2.24, 2.45) is 23.2 Å². The van der Waals surface area contributed by atoms with E-state index in [4.69, 9.17) is 0 Å². The number of carboxylic acids is 2. The number of allylic oxidation sites excluding steroid dienone is 1. The van der Waals surface area contributed by atoms with Gasteiger partial charge in [-0.2, -0.15) is 0 Å². The molecular formula is C35H60O4. The van der Waals surface area contributed by atoms with E-state index in [1.807, 2.05) is 6.08 Å². The first kappa shape index (κ1) is 32.2. The molecule has 2 N–H and O–H groups in total. The Hall–Kier alpha value is -1.32. The van der Waals surface area contributed by atoms with Crippen molar-refractivity contribution in [1.82, 2.24) is 0 Å². The molecule has 39 heavy (non-hydrogen) atoms. The van der Waals surface area contributed by atoms with Crippen molar-refractivity contribution in [2.45, 2.75) is 173 Å². The lowest BCUT2D eigenvalue weighted by atomic mass is 9.52. The lowest BCUT2D eigenvalue weighted by Crippen LogP contribution is -2.45. The van der Waals surface area contributed by atoms with Crippen LogP contribution < -0.4 is 0 Å². The maximum absolute atomic E-state index is 12.5. The molecular weight excluding hydrogens is 484 g/mol. The monoisotopic (exact) mass is 544 g/mol. The van der Waals surface area contributed by atoms with E-state index < -0.39 is 11.9 Å². The van der Waals surface area contributed by atoms with Crippen LogP contribution >= 0.6 is 0 Å². The summed E-state index contributed by atoms with van der Waals surface area (Å²) in [5.74, 6) is -1.31. The first-order valence-electron chi connectivity index (χ1n) is 17.2. The molecule has 3 fully saturated rings. The fourth-order valence-corrected chi connectivity index (χ4v) is 8.75. The molecule has 0 spiro atoms. The summed E-state index contributed by atoms with van der Waals surface area (Å²) in [7, 11) is 0. The molecule has 0 bridgehead atoms. The van der Waals surface area contributed by atoms with Crippen LogP contribution in [0.4, 0.5) is 0 Å². The van der Waals surface area contributed by atoms with E-state index in [1.165, 1.54) is 135 Å². The van der Waals surface area contributed by atoms with Crippen LogP contribution in [-0.4, -0.2) is 22.2 Å². The summed E-state index contributed by atoms with van der Waals surface area (Å²) in [6.45, 7) is 0. The molecule has 0 aromatic carbocycles. The summed E-state index contributed by atoms with van der Waals surface area (Å²) in [5, 5.41) is 20.4. The first-order valence-corrected chi connectivity index (χ1v) is 17.2. The van der Waals surface area contributed by atoms with Crippen LogP contribution in [0.5, 0.6) is 0 Å². The molecule has 3 aliphatic carbocycles. The zero-order valence-corrected chi connectivity index (χ0v) is 25.1. The van der Waals surface area contributed by atoms with Gasteiger partial charge in [-0.15, -0.1) is 0 Å². The van der Waals surface area contributed by atoms with Gasteiger partial charge in [0.2, 0.25) is 0 Å². The summed E-state index contributed by atoms with van der Waals surface area (Å²) in [6, 6.07) is 0. The van der Waals surface area contributed by atoms with Gasteiger partial charge in [-0.05, 0) is 61.7 Å². The van der Waals surface area contributed by atoms with Crippen molar-refractivity contribution >= 4 is 11.9 Å². The van der Waals surface area contributed by atoms with E-state index in [2.05, 4.69) is 0 Å². The number of aliphatic carboxylic acids is 2. The summed E-state index contributed by atoms with van der Waals surface area (Å²) < 4.78 is 0. The Kier molecular flexibility index (Phi) is 15.0. The average molecular weight is 545 g/mol. The van der Waals surface area contributed by atoms with Gasteiger partial charge in [0, 0.05) is 0 Å². The van der Waals surface area contributed by atoms with Crippen molar-refractivity contribution in [2.75, 3.05) is 0 Å². The molecule has 3 saturated carbocycles. The van der Waals surface area contributed by atoms with Gasteiger partial charge in [-0.25, -0.2) is 9.59 Å². The van der Waals surface area contributed by atoms with Gasteiger partial charge >= 0.3 is 11.9 Å². The summed E-state index contributed by atoms with van der Waals surface area (Å²) in [4.78, 5) is 25.0. The topological polar surface area (TPSA) is 74.6 Å². The van der Waals surface area contributed by atoms with Crippen LogP contribution in [0.15, 0.2) is 11.6 Å². The molecule has 0 amide bonds. The third-order valence-corrected chi connectivity index (χ3v) is 10.8. The second-order valence-corrected chi connectivity index (χ2v) is 13.4. The van der Waals surface area contributed by atoms with E-state index in [0.29, 0.717) is 17.8 Å². The molecule has 0 saturated heterocycles. The number of rotatable bonds is 6. The van der Waals surface area contributed by atoms with Gasteiger partial charge in [0.1, 0.15) is 5.57 Å². The third kappa shape index (κ3) is 10.2. The molecule has 4 heteroatoms. The Morgan fingerprint density at radius 3 is 0.821 bits per heavy atom. The fraction of sp³-hybridized carbons (Fsp3) is 0.886. The molecule has 3 rings (SSSR count). The van der Waals surface area contributed by atoms with Crippen LogP contribution in [0, 0.1) is 23.2 Å². The van der Waals surface area contributed by atoms with Crippen molar-refractivity contribution in [3.05, 3.63) is 11.6 Å². The SMILES string of the molecule is O=C(O)C(=CC(C1CCCCCCCCC1)(C1CCCCCCCCC1)C1CCCCCCCCC1)C(=O)O. The minimum Gasteiger partial charge on any atom is -0.477 e. The normalized spacial score (nSPS) is 23.8. The van der Waals surface area contributed by atoms with Crippen LogP contribution in [0.25, 0.3) is 0 Å². The molecule has 0 aromatic rings. The smallest absolute Gasteiger partial charge is 0.342 e. The van der Waals surface area contributed by atoms with Gasteiger partial charge in [0.15, 0.2) is 0 Å². The highest BCUT2D eigenvalue weighted by Gasteiger charge is 2.48. The summed E-state index contributed by atoms with van der Waals surface area (Å²) in [5.41, 5.74) is -0.662. The highest BCUT2D eigenvalue weighted by Crippen LogP contribution is 2.56. The predicted molar refractivity (Wildman–Crippen MR) is 161 cm³/mol. The van der Waals surface area contributed by atoms with E-state index in [0.717, 1.165) is 38.5 Å². The second-order valence-electron chi connectivity index (χ2n) is 13.4. The third-order valence-electron chi connectivity index (χ3n) is 10.8. The highest BCUT2D eigenvalue weighted by atomic mass is 16.4. The van der Waals surface area contributed by atoms with Crippen molar-refractivity contribution in [3.63, 3.8) is 0 Å². The Bertz CT molecular complexity index is 630. The Balaban J connectivity index is 2.16. The summed E-state index contributed by atoms with van der Waals surface area (Å²) in [6.07, 6.45) is 35.3. The number of carboxylic acid groups (broad SMARTS) is 2. The van der Waals surface area contributed by atoms with Crippen LogP contribution in [0.1, 0.15) is 173 Å². The van der Waals surface area contributed by atoms with E-state index in [1.54, 1.807) is 0 Å². The van der Waals surface area contributed by atoms with Gasteiger partial charge in [-0.1, -0.05) is 141 Å². The van der Waals surface area contributed by atoms with E-state index in [-0.39, 0.29) is 11.0 Å². The Labute approximate surface area is 239 Å². The zero-order valence-electron chi connectivity index (χ0n) is 25.1. The highest BCUT2D eigenvalue weighted by molar-refractivity contribution is 6.12. The molecule has 0 atom stereocenters. The average Bonchev–Trinajstić information content (AvgIpc) is 2.94. The Morgan fingerprint density at radius 1 is 0.410 bits per heavy atom. The van der Waals surface area contributed by atoms with Crippen molar-refractivity contribution in [1.29, 1.82) is 0 Å². The number of carbonyl (C=O) groups is 2. The molecule has 0 aliphatic heterocycles. The molecule has 0 heterocycles. The predicted octanol–water partition coefficient (Wildman–Crippen LogP) is 10.5. The largest absolute Gasteiger partial charge is 0.477 e. The van der Waals surface area contributed by atoms with Gasteiger partial charge in [-0.3, -0.25) is 0 Å². The van der Waals surface area contributed by atoms with Crippen LogP contribution in [0.3, 0.4) is 0 Å². The maximum Gasteiger partial charge on any atom is 0.342 e. The van der Waals surface area contributed by atoms with Gasteiger partial charge < -0.3 is 10.2 Å². The molecule has 4 nitrogen and oxygen atoms in total. The number of hydrogen-bond acceptors (Lipinski definition) is 2. The molecule has 224 valence electrons. The standard InChI is InChI=1S/C35H60O4/c36-33(37)32(34(38)39)28-35(29-22-16-10-4-1-5-11-17-23-29,30-24-18-12-6-2-7-13-19-25-30)31-26-20-14-8-3-9-15-21-27-31/h28-31H,1-27H2,(H,36,37)(H,38,39). The minimum absolute atomic E-state index is 0.316. The lowest BCUT2D eigenvalue weighted by Gasteiger charge is -2.52. The number of hydrogen-bond donors (Lipinski definition) is 2. The molecule has 0 aromatic heterocycles. The van der Waals surface area contributed by atoms with Gasteiger partial charge in [0.05, 0.1) is 0 Å². The Morgan fingerprint density at radius 2 is 0.615 bits per heavy atom. The second kappa shape index (κ2) is 18.2. The quantitative estimate of drug-likeness (QED) is 0.198. The van der Waals surface area contributed by atoms with Crippen molar-refractivity contribution in [3.8, 4) is 0 Å². The molecule has 0 radical (unpaired) electrons. The summed E-state index contributed by atoms with van der Waals surface area (Å²) >= 11 is 0. The maximum atomic E-state index is 12.5. The lowest BCUT2D eigenvalue weighted by molar-refractivity contribution is -0.140.